The predicted octanol–water partition coefficient (Wildman–Crippen LogP) is 2.94. The molecule has 0 fully saturated rings. The number of aryl methyl sites for hydroxylation is 1. The fourth-order valence-electron chi connectivity index (χ4n) is 2.95. The summed E-state index contributed by atoms with van der Waals surface area (Å²) in [6, 6.07) is 8.74. The fraction of sp³-hybridized carbons (Fsp3) is 0.588. The summed E-state index contributed by atoms with van der Waals surface area (Å²) in [4.78, 5) is 12.3. The van der Waals surface area contributed by atoms with Crippen molar-refractivity contribution in [2.45, 2.75) is 58.0 Å². The first kappa shape index (κ1) is 15.0. The highest BCUT2D eigenvalue weighted by Gasteiger charge is 2.24. The molecule has 1 aliphatic carbocycles. The van der Waals surface area contributed by atoms with Gasteiger partial charge < -0.3 is 11.1 Å². The molecule has 0 spiro atoms. The predicted molar refractivity (Wildman–Crippen MR) is 82.3 cm³/mol. The summed E-state index contributed by atoms with van der Waals surface area (Å²) in [5.74, 6) is 0.120. The zero-order valence-electron chi connectivity index (χ0n) is 12.6. The van der Waals surface area contributed by atoms with Crippen molar-refractivity contribution >= 4 is 5.91 Å². The first-order chi connectivity index (χ1) is 9.61. The lowest BCUT2D eigenvalue weighted by Gasteiger charge is -2.28. The SMILES string of the molecule is CCC(N)CC(C)C(=O)NC1CCCc2ccccc21. The Morgan fingerprint density at radius 2 is 2.20 bits per heavy atom. The van der Waals surface area contributed by atoms with Crippen molar-refractivity contribution in [3.8, 4) is 0 Å². The van der Waals surface area contributed by atoms with E-state index in [1.165, 1.54) is 11.1 Å². The van der Waals surface area contributed by atoms with Crippen LogP contribution in [0.2, 0.25) is 0 Å². The summed E-state index contributed by atoms with van der Waals surface area (Å²) in [6.45, 7) is 4.03. The van der Waals surface area contributed by atoms with Gasteiger partial charge in [0, 0.05) is 12.0 Å². The molecule has 0 bridgehead atoms. The molecule has 3 N–H and O–H groups in total. The number of hydrogen-bond donors (Lipinski definition) is 2. The van der Waals surface area contributed by atoms with E-state index in [2.05, 4.69) is 36.5 Å². The van der Waals surface area contributed by atoms with Crippen molar-refractivity contribution in [2.24, 2.45) is 11.7 Å². The fourth-order valence-corrected chi connectivity index (χ4v) is 2.95. The Bertz CT molecular complexity index is 458. The number of amides is 1. The molecular formula is C17H26N2O. The lowest BCUT2D eigenvalue weighted by molar-refractivity contribution is -0.125. The molecule has 0 saturated heterocycles. The zero-order valence-corrected chi connectivity index (χ0v) is 12.6. The second kappa shape index (κ2) is 6.89. The van der Waals surface area contributed by atoms with E-state index in [0.29, 0.717) is 0 Å². The van der Waals surface area contributed by atoms with Gasteiger partial charge in [0.15, 0.2) is 0 Å². The first-order valence-electron chi connectivity index (χ1n) is 7.75. The normalized spacial score (nSPS) is 20.9. The van der Waals surface area contributed by atoms with Crippen LogP contribution in [-0.2, 0) is 11.2 Å². The third kappa shape index (κ3) is 3.60. The lowest BCUT2D eigenvalue weighted by Crippen LogP contribution is -2.36. The molecule has 2 rings (SSSR count). The van der Waals surface area contributed by atoms with Gasteiger partial charge in [-0.2, -0.15) is 0 Å². The quantitative estimate of drug-likeness (QED) is 0.867. The molecule has 3 nitrogen and oxygen atoms in total. The van der Waals surface area contributed by atoms with Gasteiger partial charge in [-0.15, -0.1) is 0 Å². The minimum absolute atomic E-state index is 0.0148. The van der Waals surface area contributed by atoms with E-state index in [-0.39, 0.29) is 23.9 Å². The van der Waals surface area contributed by atoms with Gasteiger partial charge in [0.1, 0.15) is 0 Å². The maximum atomic E-state index is 12.3. The second-order valence-corrected chi connectivity index (χ2v) is 5.96. The molecule has 0 aromatic heterocycles. The minimum atomic E-state index is -0.0148. The van der Waals surface area contributed by atoms with Crippen molar-refractivity contribution < 1.29 is 4.79 Å². The van der Waals surface area contributed by atoms with E-state index in [9.17, 15) is 4.79 Å². The Kier molecular flexibility index (Phi) is 5.18. The highest BCUT2D eigenvalue weighted by Crippen LogP contribution is 2.29. The van der Waals surface area contributed by atoms with Crippen LogP contribution < -0.4 is 11.1 Å². The molecule has 1 amide bonds. The van der Waals surface area contributed by atoms with Crippen LogP contribution in [0.3, 0.4) is 0 Å². The van der Waals surface area contributed by atoms with Gasteiger partial charge in [-0.1, -0.05) is 38.1 Å². The average Bonchev–Trinajstić information content (AvgIpc) is 2.47. The molecular weight excluding hydrogens is 248 g/mol. The van der Waals surface area contributed by atoms with Crippen LogP contribution in [0.15, 0.2) is 24.3 Å². The monoisotopic (exact) mass is 274 g/mol. The number of rotatable bonds is 5. The third-order valence-electron chi connectivity index (χ3n) is 4.31. The number of fused-ring (bicyclic) bond motifs is 1. The van der Waals surface area contributed by atoms with Gasteiger partial charge in [-0.25, -0.2) is 0 Å². The van der Waals surface area contributed by atoms with Crippen LogP contribution in [0, 0.1) is 5.92 Å². The van der Waals surface area contributed by atoms with E-state index in [4.69, 9.17) is 5.73 Å². The summed E-state index contributed by atoms with van der Waals surface area (Å²) >= 11 is 0. The summed E-state index contributed by atoms with van der Waals surface area (Å²) in [5, 5.41) is 3.21. The van der Waals surface area contributed by atoms with E-state index in [1.807, 2.05) is 6.92 Å². The maximum Gasteiger partial charge on any atom is 0.223 e. The number of nitrogens with one attached hydrogen (secondary N) is 1. The average molecular weight is 274 g/mol. The van der Waals surface area contributed by atoms with Gasteiger partial charge in [0.05, 0.1) is 6.04 Å². The Hall–Kier alpha value is -1.35. The topological polar surface area (TPSA) is 55.1 Å². The van der Waals surface area contributed by atoms with E-state index >= 15 is 0 Å². The van der Waals surface area contributed by atoms with Gasteiger partial charge >= 0.3 is 0 Å². The molecule has 0 heterocycles. The molecule has 1 aromatic carbocycles. The number of benzene rings is 1. The van der Waals surface area contributed by atoms with Crippen molar-refractivity contribution in [1.29, 1.82) is 0 Å². The van der Waals surface area contributed by atoms with E-state index in [1.54, 1.807) is 0 Å². The van der Waals surface area contributed by atoms with Gasteiger partial charge in [-0.05, 0) is 43.2 Å². The number of carbonyl (C=O) groups is 1. The van der Waals surface area contributed by atoms with Crippen molar-refractivity contribution in [3.05, 3.63) is 35.4 Å². The Balaban J connectivity index is 1.99. The highest BCUT2D eigenvalue weighted by atomic mass is 16.1. The molecule has 1 aromatic rings. The Morgan fingerprint density at radius 3 is 2.95 bits per heavy atom. The maximum absolute atomic E-state index is 12.3. The van der Waals surface area contributed by atoms with Crippen molar-refractivity contribution in [1.82, 2.24) is 5.32 Å². The van der Waals surface area contributed by atoms with Crippen LogP contribution >= 0.6 is 0 Å². The second-order valence-electron chi connectivity index (χ2n) is 5.96. The van der Waals surface area contributed by atoms with Crippen LogP contribution in [0.1, 0.15) is 56.7 Å². The first-order valence-corrected chi connectivity index (χ1v) is 7.75. The molecule has 3 heteroatoms. The molecule has 3 atom stereocenters. The summed E-state index contributed by atoms with van der Waals surface area (Å²) in [6.07, 6.45) is 4.99. The lowest BCUT2D eigenvalue weighted by atomic mass is 9.87. The van der Waals surface area contributed by atoms with Gasteiger partial charge in [0.2, 0.25) is 5.91 Å². The van der Waals surface area contributed by atoms with E-state index < -0.39 is 0 Å². The third-order valence-corrected chi connectivity index (χ3v) is 4.31. The molecule has 1 aliphatic rings. The smallest absolute Gasteiger partial charge is 0.223 e. The Morgan fingerprint density at radius 1 is 1.45 bits per heavy atom. The molecule has 3 unspecified atom stereocenters. The molecule has 20 heavy (non-hydrogen) atoms. The Labute approximate surface area is 121 Å². The van der Waals surface area contributed by atoms with Crippen molar-refractivity contribution in [3.63, 3.8) is 0 Å². The number of hydrogen-bond acceptors (Lipinski definition) is 2. The summed E-state index contributed by atoms with van der Waals surface area (Å²) in [5.41, 5.74) is 8.61. The van der Waals surface area contributed by atoms with E-state index in [0.717, 1.165) is 32.1 Å². The van der Waals surface area contributed by atoms with Crippen LogP contribution in [0.5, 0.6) is 0 Å². The minimum Gasteiger partial charge on any atom is -0.349 e. The number of carbonyl (C=O) groups excluding carboxylic acids is 1. The summed E-state index contributed by atoms with van der Waals surface area (Å²) < 4.78 is 0. The van der Waals surface area contributed by atoms with Crippen LogP contribution in [0.25, 0.3) is 0 Å². The molecule has 0 saturated carbocycles. The van der Waals surface area contributed by atoms with Gasteiger partial charge in [0.25, 0.3) is 0 Å². The molecule has 0 radical (unpaired) electrons. The largest absolute Gasteiger partial charge is 0.349 e. The summed E-state index contributed by atoms with van der Waals surface area (Å²) in [7, 11) is 0. The van der Waals surface area contributed by atoms with Crippen molar-refractivity contribution in [2.75, 3.05) is 0 Å². The zero-order chi connectivity index (χ0) is 14.5. The van der Waals surface area contributed by atoms with Gasteiger partial charge in [-0.3, -0.25) is 4.79 Å². The van der Waals surface area contributed by atoms with Crippen LogP contribution in [0.4, 0.5) is 0 Å². The van der Waals surface area contributed by atoms with Crippen LogP contribution in [-0.4, -0.2) is 11.9 Å². The standard InChI is InChI=1S/C17H26N2O/c1-3-14(18)11-12(2)17(20)19-16-10-6-8-13-7-4-5-9-15(13)16/h4-5,7,9,12,14,16H,3,6,8,10-11,18H2,1-2H3,(H,19,20). The molecule has 110 valence electrons. The molecule has 0 aliphatic heterocycles. The number of nitrogens with two attached hydrogens (primary N) is 1. The highest BCUT2D eigenvalue weighted by molar-refractivity contribution is 5.78.